The zero-order chi connectivity index (χ0) is 25.8. The molecular weight excluding hydrogens is 452 g/mol. The first kappa shape index (κ1) is 26.1. The molecule has 36 heavy (non-hydrogen) atoms. The van der Waals surface area contributed by atoms with Crippen LogP contribution in [0.4, 0.5) is 0 Å². The van der Waals surface area contributed by atoms with Gasteiger partial charge in [-0.3, -0.25) is 0 Å². The van der Waals surface area contributed by atoms with Gasteiger partial charge in [0.2, 0.25) is 0 Å². The Hall–Kier alpha value is -3.02. The lowest BCUT2D eigenvalue weighted by Crippen LogP contribution is -2.25. The van der Waals surface area contributed by atoms with E-state index in [0.717, 1.165) is 18.1 Å². The second-order valence-corrected chi connectivity index (χ2v) is 11.0. The molecule has 5 nitrogen and oxygen atoms in total. The predicted molar refractivity (Wildman–Crippen MR) is 142 cm³/mol. The normalized spacial score (nSPS) is 16.3. The summed E-state index contributed by atoms with van der Waals surface area (Å²) in [7, 11) is 0. The zero-order valence-electron chi connectivity index (χ0n) is 22.0. The molecule has 0 radical (unpaired) electrons. The van der Waals surface area contributed by atoms with Crippen molar-refractivity contribution in [3.8, 4) is 17.2 Å². The van der Waals surface area contributed by atoms with E-state index in [1.807, 2.05) is 36.4 Å². The molecule has 1 N–H and O–H groups in total. The Morgan fingerprint density at radius 3 is 1.47 bits per heavy atom. The summed E-state index contributed by atoms with van der Waals surface area (Å²) in [6.45, 7) is 12.7. The Morgan fingerprint density at radius 1 is 0.694 bits per heavy atom. The first-order valence-corrected chi connectivity index (χ1v) is 12.6. The molecule has 0 bridgehead atoms. The summed E-state index contributed by atoms with van der Waals surface area (Å²) in [5.41, 5.74) is 3.55. The second-order valence-electron chi connectivity index (χ2n) is 11.0. The topological polar surface area (TPSA) is 60.5 Å². The Labute approximate surface area is 215 Å². The molecule has 0 saturated carbocycles. The maximum atomic E-state index is 10.3. The van der Waals surface area contributed by atoms with Gasteiger partial charge in [-0.05, 0) is 58.5 Å². The van der Waals surface area contributed by atoms with Crippen molar-refractivity contribution >= 4 is 0 Å². The van der Waals surface area contributed by atoms with Gasteiger partial charge in [-0.25, -0.2) is 0 Å². The van der Waals surface area contributed by atoms with Crippen LogP contribution in [0.1, 0.15) is 51.3 Å². The number of epoxide rings is 1. The molecule has 2 atom stereocenters. The third-order valence-corrected chi connectivity index (χ3v) is 6.60. The first-order valence-electron chi connectivity index (χ1n) is 12.6. The van der Waals surface area contributed by atoms with Crippen LogP contribution in [0.25, 0.3) is 0 Å². The van der Waals surface area contributed by atoms with Gasteiger partial charge in [-0.15, -0.1) is 0 Å². The summed E-state index contributed by atoms with van der Waals surface area (Å²) in [6, 6.07) is 24.3. The molecule has 0 amide bonds. The monoisotopic (exact) mass is 490 g/mol. The summed E-state index contributed by atoms with van der Waals surface area (Å²) in [4.78, 5) is 0. The van der Waals surface area contributed by atoms with Gasteiger partial charge in [0.1, 0.15) is 49.3 Å². The number of aliphatic hydroxyl groups excluding tert-OH is 1. The molecule has 1 aliphatic heterocycles. The van der Waals surface area contributed by atoms with E-state index in [0.29, 0.717) is 12.4 Å². The smallest absolute Gasteiger partial charge is 0.122 e. The Kier molecular flexibility index (Phi) is 7.91. The molecule has 5 heteroatoms. The van der Waals surface area contributed by atoms with Crippen LogP contribution in [0.15, 0.2) is 72.8 Å². The third kappa shape index (κ3) is 7.02. The van der Waals surface area contributed by atoms with Crippen molar-refractivity contribution in [3.05, 3.63) is 89.5 Å². The highest BCUT2D eigenvalue weighted by Crippen LogP contribution is 2.33. The Bertz CT molecular complexity index is 1090. The van der Waals surface area contributed by atoms with Crippen molar-refractivity contribution in [2.75, 3.05) is 26.4 Å². The van der Waals surface area contributed by atoms with Gasteiger partial charge in [-0.1, -0.05) is 71.0 Å². The second kappa shape index (κ2) is 10.9. The number of hydrogen-bond acceptors (Lipinski definition) is 5. The van der Waals surface area contributed by atoms with E-state index in [1.54, 1.807) is 0 Å². The number of aliphatic hydroxyl groups is 1. The van der Waals surface area contributed by atoms with E-state index in [2.05, 4.69) is 71.0 Å². The van der Waals surface area contributed by atoms with Gasteiger partial charge < -0.3 is 24.1 Å². The highest BCUT2D eigenvalue weighted by atomic mass is 16.6. The van der Waals surface area contributed by atoms with Crippen molar-refractivity contribution in [1.82, 2.24) is 0 Å². The minimum Gasteiger partial charge on any atom is -0.491 e. The van der Waals surface area contributed by atoms with Gasteiger partial charge in [0, 0.05) is 5.41 Å². The molecule has 0 aromatic heterocycles. The SMILES string of the molecule is CC(C)(C)c1ccc(OCC(O)COc2ccc(C(C)(C)c3ccc(OCC4CO4)cc3)cc2)cc1. The minimum absolute atomic E-state index is 0.0987. The van der Waals surface area contributed by atoms with E-state index in [4.69, 9.17) is 18.9 Å². The van der Waals surface area contributed by atoms with Crippen LogP contribution in [0.2, 0.25) is 0 Å². The average Bonchev–Trinajstić information content (AvgIpc) is 3.70. The summed E-state index contributed by atoms with van der Waals surface area (Å²) >= 11 is 0. The van der Waals surface area contributed by atoms with Crippen molar-refractivity contribution in [2.24, 2.45) is 0 Å². The molecule has 1 aliphatic rings. The van der Waals surface area contributed by atoms with E-state index >= 15 is 0 Å². The first-order chi connectivity index (χ1) is 17.1. The van der Waals surface area contributed by atoms with Crippen molar-refractivity contribution in [1.29, 1.82) is 0 Å². The fraction of sp³-hybridized carbons (Fsp3) is 0.419. The average molecular weight is 491 g/mol. The molecule has 4 rings (SSSR count). The summed E-state index contributed by atoms with van der Waals surface area (Å²) in [6.07, 6.45) is -0.475. The molecule has 192 valence electrons. The fourth-order valence-electron chi connectivity index (χ4n) is 3.94. The lowest BCUT2D eigenvalue weighted by molar-refractivity contribution is 0.0626. The van der Waals surface area contributed by atoms with Crippen LogP contribution in [0.5, 0.6) is 17.2 Å². The van der Waals surface area contributed by atoms with Crippen LogP contribution < -0.4 is 14.2 Å². The summed E-state index contributed by atoms with van der Waals surface area (Å²) < 4.78 is 22.5. The standard InChI is InChI=1S/C31H38O5/c1-30(2,3)22-6-12-26(13-7-22)33-18-25(32)19-34-27-14-8-23(9-15-27)31(4,5)24-10-16-28(17-11-24)35-20-29-21-36-29/h6-17,25,29,32H,18-21H2,1-5H3. The lowest BCUT2D eigenvalue weighted by atomic mass is 9.78. The van der Waals surface area contributed by atoms with Gasteiger partial charge in [0.25, 0.3) is 0 Å². The minimum atomic E-state index is -0.726. The van der Waals surface area contributed by atoms with E-state index in [9.17, 15) is 5.11 Å². The molecule has 3 aromatic rings. The molecule has 0 spiro atoms. The number of benzene rings is 3. The fourth-order valence-corrected chi connectivity index (χ4v) is 3.94. The quantitative estimate of drug-likeness (QED) is 0.339. The molecular formula is C31H38O5. The molecule has 1 heterocycles. The largest absolute Gasteiger partial charge is 0.491 e. The Balaban J connectivity index is 1.25. The number of ether oxygens (including phenoxy) is 4. The van der Waals surface area contributed by atoms with E-state index < -0.39 is 6.10 Å². The molecule has 1 fully saturated rings. The van der Waals surface area contributed by atoms with Crippen LogP contribution >= 0.6 is 0 Å². The summed E-state index contributed by atoms with van der Waals surface area (Å²) in [5.74, 6) is 2.32. The van der Waals surface area contributed by atoms with Gasteiger partial charge in [-0.2, -0.15) is 0 Å². The number of hydrogen-bond donors (Lipinski definition) is 1. The van der Waals surface area contributed by atoms with Crippen molar-refractivity contribution < 1.29 is 24.1 Å². The Morgan fingerprint density at radius 2 is 1.08 bits per heavy atom. The lowest BCUT2D eigenvalue weighted by Gasteiger charge is -2.26. The maximum Gasteiger partial charge on any atom is 0.122 e. The van der Waals surface area contributed by atoms with Crippen LogP contribution in [0, 0.1) is 0 Å². The van der Waals surface area contributed by atoms with Crippen LogP contribution in [-0.4, -0.2) is 43.7 Å². The van der Waals surface area contributed by atoms with Crippen molar-refractivity contribution in [3.63, 3.8) is 0 Å². The number of rotatable bonds is 11. The van der Waals surface area contributed by atoms with E-state index in [1.165, 1.54) is 16.7 Å². The highest BCUT2D eigenvalue weighted by molar-refractivity contribution is 5.42. The van der Waals surface area contributed by atoms with Crippen LogP contribution in [-0.2, 0) is 15.6 Å². The third-order valence-electron chi connectivity index (χ3n) is 6.60. The highest BCUT2D eigenvalue weighted by Gasteiger charge is 2.25. The molecule has 3 aromatic carbocycles. The molecule has 2 unspecified atom stereocenters. The summed E-state index contributed by atoms with van der Waals surface area (Å²) in [5, 5.41) is 10.3. The van der Waals surface area contributed by atoms with Gasteiger partial charge in [0.15, 0.2) is 0 Å². The van der Waals surface area contributed by atoms with Crippen molar-refractivity contribution in [2.45, 2.75) is 57.7 Å². The van der Waals surface area contributed by atoms with Gasteiger partial charge >= 0.3 is 0 Å². The maximum absolute atomic E-state index is 10.3. The van der Waals surface area contributed by atoms with Gasteiger partial charge in [0.05, 0.1) is 6.61 Å². The zero-order valence-corrected chi connectivity index (χ0v) is 22.0. The van der Waals surface area contributed by atoms with Crippen LogP contribution in [0.3, 0.4) is 0 Å². The molecule has 0 aliphatic carbocycles. The molecule has 1 saturated heterocycles. The predicted octanol–water partition coefficient (Wildman–Crippen LogP) is 5.91. The van der Waals surface area contributed by atoms with E-state index in [-0.39, 0.29) is 30.1 Å².